The number of hydrogen-bond donors (Lipinski definition) is 1. The van der Waals surface area contributed by atoms with E-state index in [4.69, 9.17) is 18.9 Å². The molecule has 0 aromatic heterocycles. The summed E-state index contributed by atoms with van der Waals surface area (Å²) in [6, 6.07) is 3.98. The standard InChI is InChI=1S/C24H30O7/c1-14(29-15(2)25)23(26)31-19-10-11-24(27)13-21(19)30-22-18-7-5-4-6-17(24)12-16(18)8-9-20(22)28-3/h8-10,14,17,21,27H,4-7,11-13H2,1-3H3/t14-,17+,21+,24-/m0/s1. The highest BCUT2D eigenvalue weighted by atomic mass is 16.6. The fourth-order valence-electron chi connectivity index (χ4n) is 5.01. The molecule has 168 valence electrons. The van der Waals surface area contributed by atoms with Gasteiger partial charge in [-0.15, -0.1) is 0 Å². The Labute approximate surface area is 182 Å². The maximum atomic E-state index is 12.5. The number of carbonyl (C=O) groups excluding carboxylic acids is 2. The molecule has 1 heterocycles. The molecule has 7 nitrogen and oxygen atoms in total. The second-order valence-electron chi connectivity index (χ2n) is 8.78. The van der Waals surface area contributed by atoms with Crippen LogP contribution >= 0.6 is 0 Å². The summed E-state index contributed by atoms with van der Waals surface area (Å²) in [6.45, 7) is 2.71. The van der Waals surface area contributed by atoms with Gasteiger partial charge in [-0.05, 0) is 62.7 Å². The maximum absolute atomic E-state index is 12.5. The van der Waals surface area contributed by atoms with Crippen molar-refractivity contribution in [2.45, 2.75) is 76.6 Å². The van der Waals surface area contributed by atoms with E-state index in [-0.39, 0.29) is 5.92 Å². The van der Waals surface area contributed by atoms with Crippen molar-refractivity contribution in [2.75, 3.05) is 7.11 Å². The zero-order chi connectivity index (χ0) is 22.2. The fourth-order valence-corrected chi connectivity index (χ4v) is 5.01. The Bertz CT molecular complexity index is 905. The summed E-state index contributed by atoms with van der Waals surface area (Å²) in [5, 5.41) is 11.6. The van der Waals surface area contributed by atoms with Gasteiger partial charge in [-0.25, -0.2) is 4.79 Å². The molecule has 3 aliphatic rings. The molecular weight excluding hydrogens is 400 g/mol. The number of fused-ring (bicyclic) bond motifs is 4. The molecule has 1 aromatic carbocycles. The van der Waals surface area contributed by atoms with E-state index in [9.17, 15) is 14.7 Å². The van der Waals surface area contributed by atoms with Crippen molar-refractivity contribution in [3.63, 3.8) is 0 Å². The quantitative estimate of drug-likeness (QED) is 0.733. The lowest BCUT2D eigenvalue weighted by Crippen LogP contribution is -2.46. The summed E-state index contributed by atoms with van der Waals surface area (Å²) in [5.74, 6) is 0.495. The summed E-state index contributed by atoms with van der Waals surface area (Å²) in [4.78, 5) is 23.7. The van der Waals surface area contributed by atoms with Gasteiger partial charge in [-0.2, -0.15) is 0 Å². The lowest BCUT2D eigenvalue weighted by Gasteiger charge is -2.41. The Morgan fingerprint density at radius 1 is 1.29 bits per heavy atom. The Morgan fingerprint density at radius 3 is 2.84 bits per heavy atom. The van der Waals surface area contributed by atoms with Crippen LogP contribution in [0.3, 0.4) is 0 Å². The molecule has 31 heavy (non-hydrogen) atoms. The summed E-state index contributed by atoms with van der Waals surface area (Å²) >= 11 is 0. The van der Waals surface area contributed by atoms with Crippen molar-refractivity contribution < 1.29 is 33.6 Å². The lowest BCUT2D eigenvalue weighted by molar-refractivity contribution is -0.164. The number of benzene rings is 1. The highest BCUT2D eigenvalue weighted by Gasteiger charge is 2.45. The first-order chi connectivity index (χ1) is 14.8. The monoisotopic (exact) mass is 430 g/mol. The molecule has 1 aromatic rings. The van der Waals surface area contributed by atoms with Gasteiger partial charge in [0, 0.05) is 18.9 Å². The molecule has 0 unspecified atom stereocenters. The molecule has 7 heteroatoms. The average molecular weight is 430 g/mol. The SMILES string of the molecule is COc1ccc2c3c1O[C@@H]1C[C@@](O)(CC=C1OC(=O)[C@H](C)OC(C)=O)[C@H](CCCC3)C2. The van der Waals surface area contributed by atoms with Gasteiger partial charge in [0.2, 0.25) is 0 Å². The van der Waals surface area contributed by atoms with Gasteiger partial charge in [0.25, 0.3) is 0 Å². The Balaban J connectivity index is 1.71. The first-order valence-corrected chi connectivity index (χ1v) is 11.0. The molecule has 1 N–H and O–H groups in total. The molecule has 4 atom stereocenters. The van der Waals surface area contributed by atoms with Crippen LogP contribution < -0.4 is 9.47 Å². The number of methoxy groups -OCH3 is 1. The lowest BCUT2D eigenvalue weighted by atomic mass is 9.71. The zero-order valence-corrected chi connectivity index (χ0v) is 18.3. The van der Waals surface area contributed by atoms with Gasteiger partial charge in [0.15, 0.2) is 23.7 Å². The molecule has 0 radical (unpaired) electrons. The second kappa shape index (κ2) is 8.54. The van der Waals surface area contributed by atoms with Crippen molar-refractivity contribution in [1.29, 1.82) is 0 Å². The van der Waals surface area contributed by atoms with Crippen LogP contribution in [0, 0.1) is 5.92 Å². The predicted molar refractivity (Wildman–Crippen MR) is 112 cm³/mol. The van der Waals surface area contributed by atoms with Crippen molar-refractivity contribution >= 4 is 11.9 Å². The van der Waals surface area contributed by atoms with E-state index in [1.54, 1.807) is 13.2 Å². The minimum atomic E-state index is -1.03. The number of ether oxygens (including phenoxy) is 4. The van der Waals surface area contributed by atoms with Gasteiger partial charge in [-0.1, -0.05) is 12.5 Å². The molecule has 0 spiro atoms. The Hall–Kier alpha value is -2.54. The number of aliphatic hydroxyl groups is 1. The fraction of sp³-hybridized carbons (Fsp3) is 0.583. The molecule has 0 saturated heterocycles. The van der Waals surface area contributed by atoms with E-state index in [2.05, 4.69) is 6.07 Å². The number of rotatable bonds is 4. The van der Waals surface area contributed by atoms with Crippen molar-refractivity contribution in [2.24, 2.45) is 5.92 Å². The predicted octanol–water partition coefficient (Wildman–Crippen LogP) is 3.24. The number of carbonyl (C=O) groups is 2. The summed E-state index contributed by atoms with van der Waals surface area (Å²) < 4.78 is 22.5. The van der Waals surface area contributed by atoms with E-state index < -0.39 is 29.7 Å². The van der Waals surface area contributed by atoms with Crippen LogP contribution in [0.25, 0.3) is 0 Å². The molecule has 2 aliphatic carbocycles. The smallest absolute Gasteiger partial charge is 0.352 e. The normalized spacial score (nSPS) is 27.8. The second-order valence-corrected chi connectivity index (χ2v) is 8.78. The van der Waals surface area contributed by atoms with Crippen molar-refractivity contribution in [1.82, 2.24) is 0 Å². The van der Waals surface area contributed by atoms with Crippen LogP contribution in [0.15, 0.2) is 24.0 Å². The summed E-state index contributed by atoms with van der Waals surface area (Å²) in [5.41, 5.74) is 1.35. The molecular formula is C24H30O7. The van der Waals surface area contributed by atoms with Gasteiger partial charge in [0.1, 0.15) is 5.76 Å². The van der Waals surface area contributed by atoms with E-state index in [1.165, 1.54) is 19.4 Å². The van der Waals surface area contributed by atoms with Crippen LogP contribution in [0.1, 0.15) is 57.1 Å². The van der Waals surface area contributed by atoms with Gasteiger partial charge >= 0.3 is 11.9 Å². The van der Waals surface area contributed by atoms with Crippen LogP contribution in [0.5, 0.6) is 11.5 Å². The van der Waals surface area contributed by atoms with Crippen LogP contribution in [-0.4, -0.2) is 42.0 Å². The molecule has 0 fully saturated rings. The van der Waals surface area contributed by atoms with Crippen LogP contribution in [-0.2, 0) is 31.9 Å². The minimum absolute atomic E-state index is 0.0884. The van der Waals surface area contributed by atoms with Crippen molar-refractivity contribution in [3.05, 3.63) is 35.1 Å². The molecule has 0 saturated carbocycles. The Kier molecular flexibility index (Phi) is 5.97. The third kappa shape index (κ3) is 4.28. The molecule has 4 rings (SSSR count). The summed E-state index contributed by atoms with van der Waals surface area (Å²) in [6.07, 6.45) is 5.43. The number of hydrogen-bond acceptors (Lipinski definition) is 7. The maximum Gasteiger partial charge on any atom is 0.352 e. The van der Waals surface area contributed by atoms with E-state index >= 15 is 0 Å². The first-order valence-electron chi connectivity index (χ1n) is 11.0. The third-order valence-electron chi connectivity index (χ3n) is 6.66. The number of esters is 2. The van der Waals surface area contributed by atoms with E-state index in [0.29, 0.717) is 30.1 Å². The zero-order valence-electron chi connectivity index (χ0n) is 18.3. The average Bonchev–Trinajstić information content (AvgIpc) is 2.71. The highest BCUT2D eigenvalue weighted by molar-refractivity contribution is 5.79. The van der Waals surface area contributed by atoms with Crippen LogP contribution in [0.4, 0.5) is 0 Å². The minimum Gasteiger partial charge on any atom is -0.493 e. The van der Waals surface area contributed by atoms with E-state index in [1.807, 2.05) is 6.07 Å². The van der Waals surface area contributed by atoms with Gasteiger partial charge in [0.05, 0.1) is 12.7 Å². The van der Waals surface area contributed by atoms with Gasteiger partial charge < -0.3 is 24.1 Å². The third-order valence-corrected chi connectivity index (χ3v) is 6.66. The topological polar surface area (TPSA) is 91.3 Å². The molecule has 1 aliphatic heterocycles. The van der Waals surface area contributed by atoms with E-state index in [0.717, 1.165) is 37.7 Å². The molecule has 0 amide bonds. The largest absolute Gasteiger partial charge is 0.493 e. The Morgan fingerprint density at radius 2 is 2.10 bits per heavy atom. The molecule has 6 bridgehead atoms. The summed E-state index contributed by atoms with van der Waals surface area (Å²) in [7, 11) is 1.61. The van der Waals surface area contributed by atoms with Gasteiger partial charge in [-0.3, -0.25) is 4.79 Å². The first kappa shape index (κ1) is 21.7. The van der Waals surface area contributed by atoms with Crippen LogP contribution in [0.2, 0.25) is 0 Å². The van der Waals surface area contributed by atoms with Crippen molar-refractivity contribution in [3.8, 4) is 11.5 Å². The highest BCUT2D eigenvalue weighted by Crippen LogP contribution is 2.47.